The van der Waals surface area contributed by atoms with E-state index in [1.165, 1.54) is 11.1 Å². The van der Waals surface area contributed by atoms with Gasteiger partial charge in [-0.05, 0) is 12.8 Å². The molecule has 4 N–H and O–H groups in total. The van der Waals surface area contributed by atoms with Gasteiger partial charge in [-0.1, -0.05) is 24.5 Å². The number of nitrogens with one attached hydrogen (secondary N) is 1. The molecule has 1 aromatic heterocycles. The lowest BCUT2D eigenvalue weighted by Gasteiger charge is -2.22. The molecule has 1 aromatic rings. The van der Waals surface area contributed by atoms with E-state index in [1.807, 2.05) is 0 Å². The van der Waals surface area contributed by atoms with E-state index < -0.39 is 12.0 Å². The molecule has 0 aliphatic heterocycles. The van der Waals surface area contributed by atoms with Crippen LogP contribution in [0.4, 0.5) is 0 Å². The molecular weight excluding hydrogens is 274 g/mol. The molecule has 1 saturated carbocycles. The molecule has 116 valence electrons. The van der Waals surface area contributed by atoms with Crippen molar-refractivity contribution in [2.75, 3.05) is 0 Å². The van der Waals surface area contributed by atoms with Gasteiger partial charge >= 0.3 is 5.97 Å². The topological polar surface area (TPSA) is 123 Å². The van der Waals surface area contributed by atoms with Crippen molar-refractivity contribution in [2.45, 2.75) is 57.2 Å². The third kappa shape index (κ3) is 4.82. The molecule has 2 rings (SSSR count). The van der Waals surface area contributed by atoms with Gasteiger partial charge in [-0.15, -0.1) is 5.10 Å². The molecule has 0 bridgehead atoms. The Morgan fingerprint density at radius 3 is 2.81 bits per heavy atom. The smallest absolute Gasteiger partial charge is 0.320 e. The molecule has 1 aliphatic carbocycles. The van der Waals surface area contributed by atoms with Gasteiger partial charge in [0.05, 0.1) is 5.69 Å². The van der Waals surface area contributed by atoms with Crippen molar-refractivity contribution in [2.24, 2.45) is 5.73 Å². The predicted molar refractivity (Wildman–Crippen MR) is 74.4 cm³/mol. The van der Waals surface area contributed by atoms with E-state index >= 15 is 0 Å². The van der Waals surface area contributed by atoms with Crippen molar-refractivity contribution >= 4 is 11.9 Å². The second-order valence-corrected chi connectivity index (χ2v) is 5.46. The standard InChI is InChI=1S/C13H21N5O3/c14-11(13(20)21)6-10-7-18(17-16-10)8-12(19)15-9-4-2-1-3-5-9/h7,9,11H,1-6,8,14H2,(H,15,19)(H,20,21). The second-order valence-electron chi connectivity index (χ2n) is 5.46. The fourth-order valence-corrected chi connectivity index (χ4v) is 2.49. The van der Waals surface area contributed by atoms with Gasteiger partial charge in [-0.25, -0.2) is 4.68 Å². The monoisotopic (exact) mass is 295 g/mol. The molecule has 1 heterocycles. The number of rotatable bonds is 6. The van der Waals surface area contributed by atoms with Gasteiger partial charge in [0.2, 0.25) is 5.91 Å². The SMILES string of the molecule is NC(Cc1cn(CC(=O)NC2CCCCC2)nn1)C(=O)O. The Balaban J connectivity index is 1.81. The van der Waals surface area contributed by atoms with Gasteiger partial charge in [0.15, 0.2) is 0 Å². The highest BCUT2D eigenvalue weighted by Crippen LogP contribution is 2.17. The Morgan fingerprint density at radius 1 is 1.43 bits per heavy atom. The molecule has 0 spiro atoms. The number of aromatic nitrogens is 3. The summed E-state index contributed by atoms with van der Waals surface area (Å²) in [6.45, 7) is 0.0891. The highest BCUT2D eigenvalue weighted by Gasteiger charge is 2.17. The molecule has 1 atom stereocenters. The number of nitrogens with two attached hydrogens (primary N) is 1. The molecule has 1 unspecified atom stereocenters. The minimum Gasteiger partial charge on any atom is -0.480 e. The summed E-state index contributed by atoms with van der Waals surface area (Å²) in [5.41, 5.74) is 5.89. The third-order valence-corrected chi connectivity index (χ3v) is 3.61. The summed E-state index contributed by atoms with van der Waals surface area (Å²) >= 11 is 0. The Kier molecular flexibility index (Phi) is 5.26. The second kappa shape index (κ2) is 7.16. The maximum Gasteiger partial charge on any atom is 0.320 e. The Morgan fingerprint density at radius 2 is 2.14 bits per heavy atom. The van der Waals surface area contributed by atoms with E-state index in [0.29, 0.717) is 5.69 Å². The van der Waals surface area contributed by atoms with Crippen LogP contribution in [0.15, 0.2) is 6.20 Å². The summed E-state index contributed by atoms with van der Waals surface area (Å²) in [6.07, 6.45) is 7.27. The third-order valence-electron chi connectivity index (χ3n) is 3.61. The van der Waals surface area contributed by atoms with Crippen LogP contribution in [-0.4, -0.2) is 44.1 Å². The first-order valence-electron chi connectivity index (χ1n) is 7.21. The first-order valence-corrected chi connectivity index (χ1v) is 7.21. The van der Waals surface area contributed by atoms with Crippen molar-refractivity contribution < 1.29 is 14.7 Å². The number of carbonyl (C=O) groups is 2. The Labute approximate surface area is 122 Å². The van der Waals surface area contributed by atoms with Crippen LogP contribution in [0, 0.1) is 0 Å². The first-order chi connectivity index (χ1) is 10.0. The molecule has 0 aromatic carbocycles. The lowest BCUT2D eigenvalue weighted by atomic mass is 9.95. The van der Waals surface area contributed by atoms with Crippen LogP contribution < -0.4 is 11.1 Å². The van der Waals surface area contributed by atoms with Crippen LogP contribution in [0.25, 0.3) is 0 Å². The van der Waals surface area contributed by atoms with Crippen molar-refractivity contribution in [3.05, 3.63) is 11.9 Å². The zero-order valence-electron chi connectivity index (χ0n) is 11.9. The largest absolute Gasteiger partial charge is 0.480 e. The van der Waals surface area contributed by atoms with E-state index in [0.717, 1.165) is 25.7 Å². The van der Waals surface area contributed by atoms with E-state index in [4.69, 9.17) is 10.8 Å². The molecule has 8 heteroatoms. The zero-order chi connectivity index (χ0) is 15.2. The number of amides is 1. The van der Waals surface area contributed by atoms with Crippen molar-refractivity contribution in [3.8, 4) is 0 Å². The maximum absolute atomic E-state index is 11.9. The fraction of sp³-hybridized carbons (Fsp3) is 0.692. The van der Waals surface area contributed by atoms with Crippen LogP contribution in [-0.2, 0) is 22.6 Å². The Hall–Kier alpha value is -1.96. The first kappa shape index (κ1) is 15.4. The zero-order valence-corrected chi connectivity index (χ0v) is 11.9. The minimum absolute atomic E-state index is 0.0891. The number of hydrogen-bond donors (Lipinski definition) is 3. The van der Waals surface area contributed by atoms with Crippen LogP contribution >= 0.6 is 0 Å². The highest BCUT2D eigenvalue weighted by atomic mass is 16.4. The maximum atomic E-state index is 11.9. The highest BCUT2D eigenvalue weighted by molar-refractivity contribution is 5.76. The normalized spacial score (nSPS) is 17.4. The summed E-state index contributed by atoms with van der Waals surface area (Å²) in [4.78, 5) is 22.6. The molecule has 0 saturated heterocycles. The number of hydrogen-bond acceptors (Lipinski definition) is 5. The average molecular weight is 295 g/mol. The number of aliphatic carboxylic acids is 1. The molecular formula is C13H21N5O3. The lowest BCUT2D eigenvalue weighted by molar-refractivity contribution is -0.138. The van der Waals surface area contributed by atoms with Gasteiger partial charge in [-0.3, -0.25) is 9.59 Å². The van der Waals surface area contributed by atoms with E-state index in [1.54, 1.807) is 6.20 Å². The van der Waals surface area contributed by atoms with Gasteiger partial charge in [0.1, 0.15) is 12.6 Å². The molecule has 1 fully saturated rings. The summed E-state index contributed by atoms with van der Waals surface area (Å²) in [6, 6.07) is -0.749. The summed E-state index contributed by atoms with van der Waals surface area (Å²) < 4.78 is 1.40. The summed E-state index contributed by atoms with van der Waals surface area (Å²) in [5.74, 6) is -1.18. The quantitative estimate of drug-likeness (QED) is 0.661. The predicted octanol–water partition coefficient (Wildman–Crippen LogP) is -0.319. The molecule has 1 amide bonds. The number of carboxylic acid groups (broad SMARTS) is 1. The van der Waals surface area contributed by atoms with E-state index in [9.17, 15) is 9.59 Å². The number of carbonyl (C=O) groups excluding carboxylic acids is 1. The van der Waals surface area contributed by atoms with E-state index in [-0.39, 0.29) is 24.9 Å². The molecule has 1 aliphatic rings. The average Bonchev–Trinajstić information content (AvgIpc) is 2.86. The van der Waals surface area contributed by atoms with Crippen LogP contribution in [0.1, 0.15) is 37.8 Å². The van der Waals surface area contributed by atoms with Gasteiger partial charge in [0.25, 0.3) is 0 Å². The minimum atomic E-state index is -1.08. The van der Waals surface area contributed by atoms with Crippen LogP contribution in [0.2, 0.25) is 0 Å². The van der Waals surface area contributed by atoms with Crippen molar-refractivity contribution in [1.82, 2.24) is 20.3 Å². The lowest BCUT2D eigenvalue weighted by Crippen LogP contribution is -2.38. The van der Waals surface area contributed by atoms with Crippen LogP contribution in [0.5, 0.6) is 0 Å². The Bertz CT molecular complexity index is 496. The summed E-state index contributed by atoms with van der Waals surface area (Å²) in [5, 5.41) is 19.4. The molecule has 0 radical (unpaired) electrons. The number of nitrogens with zero attached hydrogens (tertiary/aromatic N) is 3. The molecule has 21 heavy (non-hydrogen) atoms. The summed E-state index contributed by atoms with van der Waals surface area (Å²) in [7, 11) is 0. The molecule has 8 nitrogen and oxygen atoms in total. The van der Waals surface area contributed by atoms with Gasteiger partial charge in [-0.2, -0.15) is 0 Å². The van der Waals surface area contributed by atoms with Crippen molar-refractivity contribution in [1.29, 1.82) is 0 Å². The van der Waals surface area contributed by atoms with E-state index in [2.05, 4.69) is 15.6 Å². The van der Waals surface area contributed by atoms with Gasteiger partial charge < -0.3 is 16.2 Å². The van der Waals surface area contributed by atoms with Gasteiger partial charge in [0, 0.05) is 18.7 Å². The van der Waals surface area contributed by atoms with Crippen LogP contribution in [0.3, 0.4) is 0 Å². The number of carboxylic acids is 1. The fourth-order valence-electron chi connectivity index (χ4n) is 2.49. The van der Waals surface area contributed by atoms with Crippen molar-refractivity contribution in [3.63, 3.8) is 0 Å².